The molecule has 0 spiro atoms. The van der Waals surface area contributed by atoms with E-state index in [0.717, 1.165) is 18.2 Å². The predicted octanol–water partition coefficient (Wildman–Crippen LogP) is 2.22. The monoisotopic (exact) mass is 249 g/mol. The van der Waals surface area contributed by atoms with Crippen LogP contribution in [0.15, 0.2) is 12.1 Å². The molecule has 1 unspecified atom stereocenters. The third kappa shape index (κ3) is 2.05. The summed E-state index contributed by atoms with van der Waals surface area (Å²) in [6, 6.07) is 3.70. The molecule has 4 heteroatoms. The van der Waals surface area contributed by atoms with E-state index >= 15 is 0 Å². The van der Waals surface area contributed by atoms with Gasteiger partial charge in [-0.25, -0.2) is 4.39 Å². The van der Waals surface area contributed by atoms with Gasteiger partial charge in [0, 0.05) is 12.6 Å². The fourth-order valence-corrected chi connectivity index (χ4v) is 3.15. The summed E-state index contributed by atoms with van der Waals surface area (Å²) in [4.78, 5) is 2.49. The van der Waals surface area contributed by atoms with Crippen LogP contribution in [-0.4, -0.2) is 30.6 Å². The van der Waals surface area contributed by atoms with Crippen molar-refractivity contribution in [2.45, 2.75) is 25.8 Å². The van der Waals surface area contributed by atoms with Crippen molar-refractivity contribution in [2.24, 2.45) is 5.92 Å². The maximum Gasteiger partial charge on any atom is 0.128 e. The Hall–Kier alpha value is -1.29. The minimum Gasteiger partial charge on any atom is -0.397 e. The van der Waals surface area contributed by atoms with Crippen molar-refractivity contribution < 1.29 is 4.39 Å². The minimum atomic E-state index is -0.230. The molecule has 2 bridgehead atoms. The lowest BCUT2D eigenvalue weighted by atomic mass is 9.84. The molecule has 3 heterocycles. The number of nitrogens with zero attached hydrogens (tertiary/aromatic N) is 1. The predicted molar refractivity (Wildman–Crippen MR) is 72.1 cm³/mol. The number of rotatable bonds is 2. The van der Waals surface area contributed by atoms with E-state index < -0.39 is 0 Å². The summed E-state index contributed by atoms with van der Waals surface area (Å²) in [5.41, 5.74) is 7.93. The molecule has 1 aromatic carbocycles. The number of anilines is 2. The van der Waals surface area contributed by atoms with Crippen LogP contribution in [0, 0.1) is 18.7 Å². The number of piperidine rings is 3. The van der Waals surface area contributed by atoms with Crippen molar-refractivity contribution >= 4 is 11.4 Å². The topological polar surface area (TPSA) is 41.3 Å². The van der Waals surface area contributed by atoms with Gasteiger partial charge in [0.1, 0.15) is 5.82 Å². The third-order valence-corrected chi connectivity index (χ3v) is 4.33. The summed E-state index contributed by atoms with van der Waals surface area (Å²) >= 11 is 0. The second-order valence-corrected chi connectivity index (χ2v) is 5.58. The van der Waals surface area contributed by atoms with E-state index in [2.05, 4.69) is 10.2 Å². The van der Waals surface area contributed by atoms with E-state index in [9.17, 15) is 4.39 Å². The van der Waals surface area contributed by atoms with E-state index in [1.807, 2.05) is 6.07 Å². The Labute approximate surface area is 107 Å². The number of halogens is 1. The maximum atomic E-state index is 13.4. The molecule has 3 aliphatic heterocycles. The Bertz CT molecular complexity index is 453. The van der Waals surface area contributed by atoms with Gasteiger partial charge in [0.2, 0.25) is 0 Å². The lowest BCUT2D eigenvalue weighted by Gasteiger charge is -2.45. The second kappa shape index (κ2) is 4.43. The molecule has 18 heavy (non-hydrogen) atoms. The largest absolute Gasteiger partial charge is 0.397 e. The summed E-state index contributed by atoms with van der Waals surface area (Å²) in [5, 5.41) is 3.52. The first-order valence-electron chi connectivity index (χ1n) is 6.68. The standard InChI is InChI=1S/C14H20FN3/c1-9-6-13(12(16)7-11(9)15)17-14-8-18-4-2-10(14)3-5-18/h6-7,10,14,17H,2-5,8,16H2,1H3. The van der Waals surface area contributed by atoms with Crippen LogP contribution in [0.2, 0.25) is 0 Å². The summed E-state index contributed by atoms with van der Waals surface area (Å²) in [5.74, 6) is 0.506. The van der Waals surface area contributed by atoms with Gasteiger partial charge in [-0.05, 0) is 56.5 Å². The normalized spacial score (nSPS) is 30.4. The highest BCUT2D eigenvalue weighted by atomic mass is 19.1. The van der Waals surface area contributed by atoms with E-state index in [1.165, 1.54) is 32.0 Å². The van der Waals surface area contributed by atoms with Crippen molar-refractivity contribution in [1.29, 1.82) is 0 Å². The molecule has 0 amide bonds. The average molecular weight is 249 g/mol. The van der Waals surface area contributed by atoms with Crippen LogP contribution >= 0.6 is 0 Å². The average Bonchev–Trinajstić information content (AvgIpc) is 2.37. The van der Waals surface area contributed by atoms with Crippen molar-refractivity contribution in [3.63, 3.8) is 0 Å². The number of fused-ring (bicyclic) bond motifs is 3. The van der Waals surface area contributed by atoms with Crippen LogP contribution in [0.25, 0.3) is 0 Å². The molecule has 1 aromatic rings. The molecular formula is C14H20FN3. The maximum absolute atomic E-state index is 13.4. The first kappa shape index (κ1) is 11.8. The molecule has 4 rings (SSSR count). The number of nitrogens with two attached hydrogens (primary N) is 1. The molecule has 3 nitrogen and oxygen atoms in total. The second-order valence-electron chi connectivity index (χ2n) is 5.58. The van der Waals surface area contributed by atoms with Crippen molar-refractivity contribution in [3.8, 4) is 0 Å². The molecule has 3 fully saturated rings. The third-order valence-electron chi connectivity index (χ3n) is 4.33. The number of nitrogens with one attached hydrogen (secondary N) is 1. The highest BCUT2D eigenvalue weighted by molar-refractivity contribution is 5.67. The van der Waals surface area contributed by atoms with Gasteiger partial charge in [0.25, 0.3) is 0 Å². The first-order chi connectivity index (χ1) is 8.63. The van der Waals surface area contributed by atoms with Gasteiger partial charge in [-0.3, -0.25) is 0 Å². The fourth-order valence-electron chi connectivity index (χ4n) is 3.15. The van der Waals surface area contributed by atoms with E-state index in [4.69, 9.17) is 5.73 Å². The first-order valence-corrected chi connectivity index (χ1v) is 6.68. The van der Waals surface area contributed by atoms with Crippen LogP contribution in [-0.2, 0) is 0 Å². The Kier molecular flexibility index (Phi) is 2.90. The summed E-state index contributed by atoms with van der Waals surface area (Å²) < 4.78 is 13.4. The number of hydrogen-bond donors (Lipinski definition) is 2. The quantitative estimate of drug-likeness (QED) is 0.790. The Morgan fingerprint density at radius 1 is 1.33 bits per heavy atom. The van der Waals surface area contributed by atoms with E-state index in [-0.39, 0.29) is 5.82 Å². The smallest absolute Gasteiger partial charge is 0.128 e. The molecular weight excluding hydrogens is 229 g/mol. The van der Waals surface area contributed by atoms with Crippen LogP contribution in [0.4, 0.5) is 15.8 Å². The van der Waals surface area contributed by atoms with Crippen molar-refractivity contribution in [3.05, 3.63) is 23.5 Å². The lowest BCUT2D eigenvalue weighted by molar-refractivity contribution is 0.0975. The number of benzene rings is 1. The number of aryl methyl sites for hydroxylation is 1. The molecule has 3 aliphatic rings. The van der Waals surface area contributed by atoms with Crippen LogP contribution in [0.1, 0.15) is 18.4 Å². The molecule has 0 aromatic heterocycles. The number of nitrogen functional groups attached to an aromatic ring is 1. The molecule has 3 saturated heterocycles. The van der Waals surface area contributed by atoms with Gasteiger partial charge < -0.3 is 16.0 Å². The highest BCUT2D eigenvalue weighted by Gasteiger charge is 2.34. The van der Waals surface area contributed by atoms with Gasteiger partial charge in [-0.2, -0.15) is 0 Å². The summed E-state index contributed by atoms with van der Waals surface area (Å²) in [7, 11) is 0. The lowest BCUT2D eigenvalue weighted by Crippen LogP contribution is -2.53. The van der Waals surface area contributed by atoms with E-state index in [1.54, 1.807) is 6.92 Å². The van der Waals surface area contributed by atoms with Gasteiger partial charge in [-0.1, -0.05) is 0 Å². The molecule has 0 radical (unpaired) electrons. The SMILES string of the molecule is Cc1cc(NC2CN3CCC2CC3)c(N)cc1F. The zero-order valence-corrected chi connectivity index (χ0v) is 10.7. The Balaban J connectivity index is 1.78. The zero-order valence-electron chi connectivity index (χ0n) is 10.7. The van der Waals surface area contributed by atoms with Gasteiger partial charge in [-0.15, -0.1) is 0 Å². The molecule has 0 aliphatic carbocycles. The summed E-state index contributed by atoms with van der Waals surface area (Å²) in [6.45, 7) is 5.30. The van der Waals surface area contributed by atoms with Crippen molar-refractivity contribution in [1.82, 2.24) is 4.90 Å². The fraction of sp³-hybridized carbons (Fsp3) is 0.571. The molecule has 1 atom stereocenters. The molecule has 98 valence electrons. The number of hydrogen-bond acceptors (Lipinski definition) is 3. The highest BCUT2D eigenvalue weighted by Crippen LogP contribution is 2.31. The zero-order chi connectivity index (χ0) is 12.7. The van der Waals surface area contributed by atoms with Gasteiger partial charge in [0.05, 0.1) is 11.4 Å². The minimum absolute atomic E-state index is 0.230. The van der Waals surface area contributed by atoms with Crippen LogP contribution in [0.5, 0.6) is 0 Å². The van der Waals surface area contributed by atoms with E-state index in [0.29, 0.717) is 17.3 Å². The van der Waals surface area contributed by atoms with Gasteiger partial charge >= 0.3 is 0 Å². The Morgan fingerprint density at radius 2 is 2.06 bits per heavy atom. The summed E-state index contributed by atoms with van der Waals surface area (Å²) in [6.07, 6.45) is 2.52. The van der Waals surface area contributed by atoms with Crippen LogP contribution in [0.3, 0.4) is 0 Å². The molecule has 3 N–H and O–H groups in total. The van der Waals surface area contributed by atoms with Crippen molar-refractivity contribution in [2.75, 3.05) is 30.7 Å². The van der Waals surface area contributed by atoms with Gasteiger partial charge in [0.15, 0.2) is 0 Å². The Morgan fingerprint density at radius 3 is 2.67 bits per heavy atom. The molecule has 0 saturated carbocycles. The van der Waals surface area contributed by atoms with Crippen LogP contribution < -0.4 is 11.1 Å².